The molecule has 1 unspecified atom stereocenters. The zero-order valence-electron chi connectivity index (χ0n) is 11.4. The van der Waals surface area contributed by atoms with Crippen molar-refractivity contribution in [3.05, 3.63) is 0 Å². The first-order valence-corrected chi connectivity index (χ1v) is 6.86. The average molecular weight is 244 g/mol. The molecule has 4 heteroatoms. The number of nitrogens with zero attached hydrogens (tertiary/aromatic N) is 1. The maximum absolute atomic E-state index is 5.46. The predicted octanol–water partition coefficient (Wildman–Crippen LogP) is 0.971. The van der Waals surface area contributed by atoms with Crippen molar-refractivity contribution < 1.29 is 9.47 Å². The fraction of sp³-hybridized carbons (Fsp3) is 1.00. The van der Waals surface area contributed by atoms with Gasteiger partial charge in [-0.15, -0.1) is 0 Å². The van der Waals surface area contributed by atoms with Crippen molar-refractivity contribution in [1.82, 2.24) is 10.2 Å². The molecular weight excluding hydrogens is 216 g/mol. The summed E-state index contributed by atoms with van der Waals surface area (Å²) >= 11 is 0. The minimum absolute atomic E-state index is 0.703. The maximum atomic E-state index is 5.46. The molecule has 0 aliphatic carbocycles. The number of ether oxygens (including phenoxy) is 2. The largest absolute Gasteiger partial charge is 0.382 e. The Kier molecular flexibility index (Phi) is 8.61. The molecule has 1 heterocycles. The number of methoxy groups -OCH3 is 1. The van der Waals surface area contributed by atoms with E-state index in [9.17, 15) is 0 Å². The lowest BCUT2D eigenvalue weighted by molar-refractivity contribution is 0.0661. The van der Waals surface area contributed by atoms with E-state index in [0.29, 0.717) is 6.61 Å². The number of hydrogen-bond acceptors (Lipinski definition) is 4. The van der Waals surface area contributed by atoms with Crippen molar-refractivity contribution in [3.8, 4) is 0 Å². The van der Waals surface area contributed by atoms with Crippen LogP contribution in [0.25, 0.3) is 0 Å². The van der Waals surface area contributed by atoms with Gasteiger partial charge in [0.1, 0.15) is 0 Å². The van der Waals surface area contributed by atoms with E-state index in [2.05, 4.69) is 17.1 Å². The highest BCUT2D eigenvalue weighted by atomic mass is 16.5. The first kappa shape index (κ1) is 14.9. The molecule has 4 nitrogen and oxygen atoms in total. The van der Waals surface area contributed by atoms with Gasteiger partial charge in [-0.05, 0) is 38.4 Å². The smallest absolute Gasteiger partial charge is 0.0700 e. The molecule has 0 saturated carbocycles. The van der Waals surface area contributed by atoms with Crippen molar-refractivity contribution in [2.24, 2.45) is 5.92 Å². The summed E-state index contributed by atoms with van der Waals surface area (Å²) in [7, 11) is 1.71. The van der Waals surface area contributed by atoms with Gasteiger partial charge in [-0.2, -0.15) is 0 Å². The Labute approximate surface area is 106 Å². The molecule has 102 valence electrons. The van der Waals surface area contributed by atoms with Gasteiger partial charge in [-0.3, -0.25) is 0 Å². The van der Waals surface area contributed by atoms with Gasteiger partial charge in [0.25, 0.3) is 0 Å². The summed E-state index contributed by atoms with van der Waals surface area (Å²) < 4.78 is 10.4. The van der Waals surface area contributed by atoms with E-state index < -0.39 is 0 Å². The Balaban J connectivity index is 1.91. The van der Waals surface area contributed by atoms with Crippen LogP contribution in [0.3, 0.4) is 0 Å². The zero-order valence-corrected chi connectivity index (χ0v) is 11.4. The Morgan fingerprint density at radius 1 is 1.29 bits per heavy atom. The van der Waals surface area contributed by atoms with Crippen molar-refractivity contribution >= 4 is 0 Å². The van der Waals surface area contributed by atoms with Gasteiger partial charge in [-0.1, -0.05) is 6.92 Å². The van der Waals surface area contributed by atoms with E-state index in [1.807, 2.05) is 0 Å². The lowest BCUT2D eigenvalue weighted by atomic mass is 10.1. The lowest BCUT2D eigenvalue weighted by Crippen LogP contribution is -2.27. The highest BCUT2D eigenvalue weighted by molar-refractivity contribution is 4.76. The van der Waals surface area contributed by atoms with Crippen LogP contribution in [0, 0.1) is 5.92 Å². The van der Waals surface area contributed by atoms with Crippen molar-refractivity contribution in [2.75, 3.05) is 59.7 Å². The van der Waals surface area contributed by atoms with Crippen LogP contribution in [0.1, 0.15) is 19.8 Å². The summed E-state index contributed by atoms with van der Waals surface area (Å²) in [5.74, 6) is 0.851. The van der Waals surface area contributed by atoms with Gasteiger partial charge in [0, 0.05) is 26.8 Å². The number of hydrogen-bond donors (Lipinski definition) is 1. The summed E-state index contributed by atoms with van der Waals surface area (Å²) in [5, 5.41) is 3.44. The molecule has 17 heavy (non-hydrogen) atoms. The van der Waals surface area contributed by atoms with Crippen molar-refractivity contribution in [1.29, 1.82) is 0 Å². The Hall–Kier alpha value is -0.160. The number of likely N-dealkylation sites (tertiary alicyclic amines) is 1. The molecule has 1 N–H and O–H groups in total. The fourth-order valence-corrected chi connectivity index (χ4v) is 2.27. The highest BCUT2D eigenvalue weighted by Crippen LogP contribution is 2.15. The Morgan fingerprint density at radius 3 is 2.94 bits per heavy atom. The van der Waals surface area contributed by atoms with Crippen LogP contribution in [0.5, 0.6) is 0 Å². The summed E-state index contributed by atoms with van der Waals surface area (Å²) in [5.41, 5.74) is 0. The Morgan fingerprint density at radius 2 is 2.18 bits per heavy atom. The maximum Gasteiger partial charge on any atom is 0.0700 e. The topological polar surface area (TPSA) is 33.7 Å². The van der Waals surface area contributed by atoms with E-state index in [0.717, 1.165) is 32.1 Å². The van der Waals surface area contributed by atoms with E-state index >= 15 is 0 Å². The van der Waals surface area contributed by atoms with E-state index in [1.165, 1.54) is 32.6 Å². The molecule has 0 aromatic heterocycles. The van der Waals surface area contributed by atoms with E-state index in [1.54, 1.807) is 7.11 Å². The van der Waals surface area contributed by atoms with Crippen LogP contribution >= 0.6 is 0 Å². The number of rotatable bonds is 10. The first-order valence-electron chi connectivity index (χ1n) is 6.86. The molecule has 1 atom stereocenters. The van der Waals surface area contributed by atoms with Crippen molar-refractivity contribution in [3.63, 3.8) is 0 Å². The molecule has 1 aliphatic rings. The van der Waals surface area contributed by atoms with Crippen LogP contribution in [-0.2, 0) is 9.47 Å². The van der Waals surface area contributed by atoms with Gasteiger partial charge >= 0.3 is 0 Å². The summed E-state index contributed by atoms with van der Waals surface area (Å²) in [6.45, 7) is 10.4. The van der Waals surface area contributed by atoms with Gasteiger partial charge < -0.3 is 19.7 Å². The second-order valence-electron chi connectivity index (χ2n) is 4.72. The monoisotopic (exact) mass is 244 g/mol. The summed E-state index contributed by atoms with van der Waals surface area (Å²) in [6, 6.07) is 0. The quantitative estimate of drug-likeness (QED) is 0.581. The minimum Gasteiger partial charge on any atom is -0.382 e. The summed E-state index contributed by atoms with van der Waals surface area (Å²) in [6.07, 6.45) is 2.48. The van der Waals surface area contributed by atoms with Gasteiger partial charge in [0.15, 0.2) is 0 Å². The normalized spacial score (nSPS) is 21.2. The van der Waals surface area contributed by atoms with Crippen molar-refractivity contribution in [2.45, 2.75) is 19.8 Å². The first-order chi connectivity index (χ1) is 8.36. The molecular formula is C13H28N2O2. The molecule has 0 aromatic rings. The molecule has 1 fully saturated rings. The third kappa shape index (κ3) is 6.99. The highest BCUT2D eigenvalue weighted by Gasteiger charge is 2.20. The van der Waals surface area contributed by atoms with Gasteiger partial charge in [0.2, 0.25) is 0 Å². The minimum atomic E-state index is 0.703. The predicted molar refractivity (Wildman–Crippen MR) is 70.4 cm³/mol. The SMILES string of the molecule is CCNCC1CCN(CCCOCCOC)C1. The number of nitrogens with one attached hydrogen (secondary N) is 1. The van der Waals surface area contributed by atoms with E-state index in [4.69, 9.17) is 9.47 Å². The van der Waals surface area contributed by atoms with Crippen LogP contribution in [0.4, 0.5) is 0 Å². The molecule has 0 radical (unpaired) electrons. The van der Waals surface area contributed by atoms with Crippen LogP contribution in [0.2, 0.25) is 0 Å². The van der Waals surface area contributed by atoms with E-state index in [-0.39, 0.29) is 0 Å². The van der Waals surface area contributed by atoms with Gasteiger partial charge in [0.05, 0.1) is 13.2 Å². The van der Waals surface area contributed by atoms with Crippen LogP contribution < -0.4 is 5.32 Å². The molecule has 1 saturated heterocycles. The standard InChI is InChI=1S/C13H28N2O2/c1-3-14-11-13-5-7-15(12-13)6-4-8-17-10-9-16-2/h13-14H,3-12H2,1-2H3. The lowest BCUT2D eigenvalue weighted by Gasteiger charge is -2.16. The molecule has 0 amide bonds. The fourth-order valence-electron chi connectivity index (χ4n) is 2.27. The third-order valence-electron chi connectivity index (χ3n) is 3.25. The molecule has 1 rings (SSSR count). The molecule has 0 aromatic carbocycles. The molecule has 0 spiro atoms. The zero-order chi connectivity index (χ0) is 12.3. The molecule has 0 bridgehead atoms. The summed E-state index contributed by atoms with van der Waals surface area (Å²) in [4.78, 5) is 2.56. The third-order valence-corrected chi connectivity index (χ3v) is 3.25. The van der Waals surface area contributed by atoms with Crippen LogP contribution in [-0.4, -0.2) is 64.6 Å². The van der Waals surface area contributed by atoms with Crippen LogP contribution in [0.15, 0.2) is 0 Å². The van der Waals surface area contributed by atoms with Gasteiger partial charge in [-0.25, -0.2) is 0 Å². The second kappa shape index (κ2) is 9.83. The Bertz CT molecular complexity index is 179. The average Bonchev–Trinajstić information content (AvgIpc) is 2.79. The molecule has 1 aliphatic heterocycles. The second-order valence-corrected chi connectivity index (χ2v) is 4.72.